The van der Waals surface area contributed by atoms with E-state index in [9.17, 15) is 5.11 Å². The highest BCUT2D eigenvalue weighted by Gasteiger charge is 2.12. The van der Waals surface area contributed by atoms with Gasteiger partial charge in [0.05, 0.1) is 6.61 Å². The van der Waals surface area contributed by atoms with Crippen LogP contribution in [0.3, 0.4) is 0 Å². The van der Waals surface area contributed by atoms with Crippen molar-refractivity contribution < 1.29 is 14.6 Å². The number of methoxy groups -OCH3 is 1. The Kier molecular flexibility index (Phi) is 7.02. The van der Waals surface area contributed by atoms with Gasteiger partial charge in [-0.1, -0.05) is 63.2 Å². The molecule has 26 heavy (non-hydrogen) atoms. The van der Waals surface area contributed by atoms with Gasteiger partial charge in [0.1, 0.15) is 5.75 Å². The summed E-state index contributed by atoms with van der Waals surface area (Å²) in [5.41, 5.74) is 2.28. The minimum absolute atomic E-state index is 0.0519. The molecule has 2 atom stereocenters. The number of hydrogen-bond acceptors (Lipinski definition) is 3. The molecule has 0 spiro atoms. The molecule has 3 rings (SSSR count). The van der Waals surface area contributed by atoms with Crippen LogP contribution in [0.1, 0.15) is 17.5 Å². The van der Waals surface area contributed by atoms with E-state index in [2.05, 4.69) is 42.5 Å². The number of rotatable bonds is 8. The van der Waals surface area contributed by atoms with Crippen molar-refractivity contribution in [2.75, 3.05) is 13.9 Å². The molecule has 2 aromatic carbocycles. The van der Waals surface area contributed by atoms with Crippen molar-refractivity contribution in [3.8, 4) is 5.75 Å². The van der Waals surface area contributed by atoms with Crippen molar-refractivity contribution in [2.45, 2.75) is 19.4 Å². The van der Waals surface area contributed by atoms with Gasteiger partial charge >= 0.3 is 0 Å². The van der Waals surface area contributed by atoms with Crippen molar-refractivity contribution >= 4 is 19.2 Å². The highest BCUT2D eigenvalue weighted by molar-refractivity contribution is 7.55. The van der Waals surface area contributed by atoms with Gasteiger partial charge in [-0.25, -0.2) is 0 Å². The van der Waals surface area contributed by atoms with Crippen molar-refractivity contribution in [3.05, 3.63) is 77.9 Å². The van der Waals surface area contributed by atoms with Gasteiger partial charge < -0.3 is 14.6 Å². The predicted octanol–water partition coefficient (Wildman–Crippen LogP) is 3.47. The largest absolute Gasteiger partial charge is 0.467 e. The summed E-state index contributed by atoms with van der Waals surface area (Å²) in [5, 5.41) is 11.9. The fraction of sp³-hybridized carbons (Fsp3) is 0.273. The van der Waals surface area contributed by atoms with Gasteiger partial charge in [-0.3, -0.25) is 0 Å². The average Bonchev–Trinajstić information content (AvgIpc) is 2.68. The fourth-order valence-corrected chi connectivity index (χ4v) is 4.39. The molecule has 0 heterocycles. The molecule has 1 N–H and O–H groups in total. The molecule has 2 unspecified atom stereocenters. The third kappa shape index (κ3) is 5.04. The van der Waals surface area contributed by atoms with Crippen LogP contribution in [0.15, 0.2) is 66.8 Å². The second-order valence-electron chi connectivity index (χ2n) is 6.33. The zero-order valence-electron chi connectivity index (χ0n) is 15.0. The number of benzene rings is 2. The molecule has 0 saturated heterocycles. The number of aliphatic hydroxyl groups excluding tert-OH is 1. The standard InChI is InChI=1S/C22H25O3P/c1-24-16-25-20-12-11-18(13-17-7-3-2-4-8-17)14-22(20)26-21-10-6-5-9-19(21)15-23/h2-7,9-12,14,17,23,26H,8,13,15-16H2,1H3. The zero-order valence-corrected chi connectivity index (χ0v) is 16.0. The molecular formula is C22H25O3P. The molecule has 136 valence electrons. The van der Waals surface area contributed by atoms with E-state index in [0.717, 1.165) is 34.8 Å². The van der Waals surface area contributed by atoms with Crippen LogP contribution >= 0.6 is 8.58 Å². The van der Waals surface area contributed by atoms with Crippen LogP contribution in [0.2, 0.25) is 0 Å². The van der Waals surface area contributed by atoms with E-state index in [4.69, 9.17) is 9.47 Å². The molecule has 3 nitrogen and oxygen atoms in total. The Hall–Kier alpha value is -1.93. The Morgan fingerprint density at radius 1 is 1.12 bits per heavy atom. The zero-order chi connectivity index (χ0) is 18.2. The molecular weight excluding hydrogens is 343 g/mol. The van der Waals surface area contributed by atoms with Gasteiger partial charge in [-0.2, -0.15) is 0 Å². The van der Waals surface area contributed by atoms with E-state index in [1.165, 1.54) is 5.56 Å². The highest BCUT2D eigenvalue weighted by Crippen LogP contribution is 2.25. The molecule has 0 bridgehead atoms. The minimum atomic E-state index is 0.0519. The summed E-state index contributed by atoms with van der Waals surface area (Å²) in [6, 6.07) is 14.4. The van der Waals surface area contributed by atoms with E-state index in [1.807, 2.05) is 24.3 Å². The molecule has 0 amide bonds. The molecule has 0 aliphatic heterocycles. The first-order valence-electron chi connectivity index (χ1n) is 8.84. The SMILES string of the molecule is COCOc1ccc(CC2C=CC=CC2)cc1Pc1ccccc1CO. The normalized spacial score (nSPS) is 16.5. The summed E-state index contributed by atoms with van der Waals surface area (Å²) in [6.07, 6.45) is 10.8. The van der Waals surface area contributed by atoms with E-state index in [0.29, 0.717) is 14.5 Å². The van der Waals surface area contributed by atoms with Gasteiger partial charge in [0, 0.05) is 12.4 Å². The molecule has 0 saturated carbocycles. The number of aliphatic hydroxyl groups is 1. The van der Waals surface area contributed by atoms with Crippen LogP contribution in [0.25, 0.3) is 0 Å². The maximum atomic E-state index is 9.62. The van der Waals surface area contributed by atoms with Crippen molar-refractivity contribution in [1.82, 2.24) is 0 Å². The van der Waals surface area contributed by atoms with Crippen LogP contribution < -0.4 is 15.3 Å². The lowest BCUT2D eigenvalue weighted by Gasteiger charge is -2.17. The van der Waals surface area contributed by atoms with Gasteiger partial charge in [0.25, 0.3) is 0 Å². The Balaban J connectivity index is 1.84. The van der Waals surface area contributed by atoms with Crippen molar-refractivity contribution in [2.24, 2.45) is 5.92 Å². The van der Waals surface area contributed by atoms with Crippen LogP contribution in [-0.4, -0.2) is 19.0 Å². The lowest BCUT2D eigenvalue weighted by atomic mass is 9.93. The third-order valence-electron chi connectivity index (χ3n) is 4.40. The highest BCUT2D eigenvalue weighted by atomic mass is 31.1. The van der Waals surface area contributed by atoms with E-state index in [-0.39, 0.29) is 13.4 Å². The van der Waals surface area contributed by atoms with Crippen LogP contribution in [0.5, 0.6) is 5.75 Å². The average molecular weight is 368 g/mol. The predicted molar refractivity (Wildman–Crippen MR) is 109 cm³/mol. The number of allylic oxidation sites excluding steroid dienone is 4. The second kappa shape index (κ2) is 9.68. The quantitative estimate of drug-likeness (QED) is 0.573. The maximum Gasteiger partial charge on any atom is 0.188 e. The first-order valence-corrected chi connectivity index (χ1v) is 9.84. The Morgan fingerprint density at radius 3 is 2.77 bits per heavy atom. The third-order valence-corrected chi connectivity index (χ3v) is 5.82. The van der Waals surface area contributed by atoms with Crippen molar-refractivity contribution in [3.63, 3.8) is 0 Å². The molecule has 0 fully saturated rings. The van der Waals surface area contributed by atoms with E-state index < -0.39 is 0 Å². The smallest absolute Gasteiger partial charge is 0.188 e. The van der Waals surface area contributed by atoms with Gasteiger partial charge in [-0.15, -0.1) is 0 Å². The molecule has 4 heteroatoms. The number of ether oxygens (including phenoxy) is 2. The number of hydrogen-bond donors (Lipinski definition) is 1. The summed E-state index contributed by atoms with van der Waals surface area (Å²) in [5.74, 6) is 1.40. The summed E-state index contributed by atoms with van der Waals surface area (Å²) in [7, 11) is 2.05. The summed E-state index contributed by atoms with van der Waals surface area (Å²) >= 11 is 0. The molecule has 1 aliphatic rings. The summed E-state index contributed by atoms with van der Waals surface area (Å²) in [4.78, 5) is 0. The molecule has 2 aromatic rings. The lowest BCUT2D eigenvalue weighted by Crippen LogP contribution is -2.14. The van der Waals surface area contributed by atoms with Gasteiger partial charge in [0.2, 0.25) is 0 Å². The first-order chi connectivity index (χ1) is 12.8. The molecule has 0 radical (unpaired) electrons. The second-order valence-corrected chi connectivity index (χ2v) is 7.66. The fourth-order valence-electron chi connectivity index (χ4n) is 3.06. The van der Waals surface area contributed by atoms with Gasteiger partial charge in [0.15, 0.2) is 6.79 Å². The minimum Gasteiger partial charge on any atom is -0.467 e. The van der Waals surface area contributed by atoms with E-state index in [1.54, 1.807) is 7.11 Å². The van der Waals surface area contributed by atoms with Crippen molar-refractivity contribution in [1.29, 1.82) is 0 Å². The molecule has 0 aromatic heterocycles. The summed E-state index contributed by atoms with van der Waals surface area (Å²) < 4.78 is 10.8. The van der Waals surface area contributed by atoms with Crippen LogP contribution in [-0.2, 0) is 17.8 Å². The van der Waals surface area contributed by atoms with Crippen LogP contribution in [0.4, 0.5) is 0 Å². The van der Waals surface area contributed by atoms with Gasteiger partial charge in [-0.05, 0) is 47.3 Å². The first kappa shape index (κ1) is 18.8. The summed E-state index contributed by atoms with van der Waals surface area (Å²) in [6.45, 7) is 0.283. The Bertz CT molecular complexity index is 783. The topological polar surface area (TPSA) is 38.7 Å². The monoisotopic (exact) mass is 368 g/mol. The lowest BCUT2D eigenvalue weighted by molar-refractivity contribution is 0.0519. The maximum absolute atomic E-state index is 9.62. The Labute approximate surface area is 157 Å². The van der Waals surface area contributed by atoms with Crippen LogP contribution in [0, 0.1) is 5.92 Å². The molecule has 1 aliphatic carbocycles. The van der Waals surface area contributed by atoms with E-state index >= 15 is 0 Å². The Morgan fingerprint density at radius 2 is 2.00 bits per heavy atom.